The lowest BCUT2D eigenvalue weighted by molar-refractivity contribution is 0.100. The highest BCUT2D eigenvalue weighted by Crippen LogP contribution is 2.35. The van der Waals surface area contributed by atoms with Crippen LogP contribution in [0.3, 0.4) is 0 Å². The smallest absolute Gasteiger partial charge is 0.249 e. The van der Waals surface area contributed by atoms with Crippen LogP contribution < -0.4 is 10.5 Å². The standard InChI is InChI=1S/C26H18FN2O2/c27-21-13-6-11-19-24-20(26(28)30)12-7-14-22(24)29(25(19)21)16-17-8-4-5-15-23(17)31-18-9-2-1-3-10-18/h1-10,12-15H,16H2,(H2,28,30). The van der Waals surface area contributed by atoms with Crippen molar-refractivity contribution in [2.45, 2.75) is 6.54 Å². The van der Waals surface area contributed by atoms with Gasteiger partial charge in [-0.2, -0.15) is 0 Å². The van der Waals surface area contributed by atoms with Crippen LogP contribution >= 0.6 is 0 Å². The van der Waals surface area contributed by atoms with E-state index in [1.54, 1.807) is 12.1 Å². The van der Waals surface area contributed by atoms with Crippen LogP contribution in [0.2, 0.25) is 0 Å². The van der Waals surface area contributed by atoms with Crippen molar-refractivity contribution in [1.29, 1.82) is 0 Å². The number of ether oxygens (including phenoxy) is 1. The molecule has 0 unspecified atom stereocenters. The molecule has 4 aromatic carbocycles. The monoisotopic (exact) mass is 409 g/mol. The fraction of sp³-hybridized carbons (Fsp3) is 0.0385. The van der Waals surface area contributed by atoms with Gasteiger partial charge in [0.05, 0.1) is 17.6 Å². The Kier molecular flexibility index (Phi) is 4.64. The first-order valence-corrected chi connectivity index (χ1v) is 9.85. The van der Waals surface area contributed by atoms with Crippen LogP contribution in [0.25, 0.3) is 21.8 Å². The normalized spacial score (nSPS) is 11.1. The van der Waals surface area contributed by atoms with Crippen LogP contribution in [0.5, 0.6) is 11.5 Å². The first-order chi connectivity index (χ1) is 15.1. The van der Waals surface area contributed by atoms with Crippen LogP contribution in [0.4, 0.5) is 4.39 Å². The van der Waals surface area contributed by atoms with E-state index in [4.69, 9.17) is 10.5 Å². The number of hydrogen-bond acceptors (Lipinski definition) is 2. The molecular formula is C26H18FN2O2. The van der Waals surface area contributed by atoms with Crippen LogP contribution in [-0.4, -0.2) is 10.5 Å². The molecule has 0 fully saturated rings. The fourth-order valence-electron chi connectivity index (χ4n) is 3.96. The van der Waals surface area contributed by atoms with E-state index in [0.29, 0.717) is 45.4 Å². The summed E-state index contributed by atoms with van der Waals surface area (Å²) < 4.78 is 22.9. The van der Waals surface area contributed by atoms with E-state index in [9.17, 15) is 9.18 Å². The lowest BCUT2D eigenvalue weighted by Crippen LogP contribution is -2.11. The van der Waals surface area contributed by atoms with Gasteiger partial charge in [-0.3, -0.25) is 4.79 Å². The largest absolute Gasteiger partial charge is 0.457 e. The number of fused-ring (bicyclic) bond motifs is 3. The molecule has 1 radical (unpaired) electrons. The summed E-state index contributed by atoms with van der Waals surface area (Å²) in [5.74, 6) is 0.444. The van der Waals surface area contributed by atoms with Crippen molar-refractivity contribution in [2.24, 2.45) is 5.73 Å². The van der Waals surface area contributed by atoms with Crippen molar-refractivity contribution < 1.29 is 13.9 Å². The Balaban J connectivity index is 1.70. The molecule has 0 saturated heterocycles. The van der Waals surface area contributed by atoms with E-state index in [1.165, 1.54) is 12.1 Å². The van der Waals surface area contributed by atoms with Gasteiger partial charge in [0.2, 0.25) is 5.91 Å². The van der Waals surface area contributed by atoms with Crippen molar-refractivity contribution in [3.8, 4) is 11.5 Å². The predicted molar refractivity (Wildman–Crippen MR) is 119 cm³/mol. The topological polar surface area (TPSA) is 57.2 Å². The van der Waals surface area contributed by atoms with Gasteiger partial charge >= 0.3 is 0 Å². The number of nitrogens with two attached hydrogens (primary N) is 1. The summed E-state index contributed by atoms with van der Waals surface area (Å²) in [5, 5.41) is 1.14. The number of rotatable bonds is 5. The predicted octanol–water partition coefficient (Wildman–Crippen LogP) is 5.67. The Bertz CT molecular complexity index is 1420. The molecule has 151 valence electrons. The molecule has 0 spiro atoms. The lowest BCUT2D eigenvalue weighted by Gasteiger charge is -2.14. The van der Waals surface area contributed by atoms with Gasteiger partial charge in [0.1, 0.15) is 17.3 Å². The van der Waals surface area contributed by atoms with Crippen molar-refractivity contribution in [3.05, 3.63) is 108 Å². The lowest BCUT2D eigenvalue weighted by atomic mass is 10.1. The highest BCUT2D eigenvalue weighted by Gasteiger charge is 2.19. The molecule has 0 aliphatic rings. The zero-order chi connectivity index (χ0) is 21.4. The molecule has 31 heavy (non-hydrogen) atoms. The number of nitrogens with zero attached hydrogens (tertiary/aromatic N) is 1. The summed E-state index contributed by atoms with van der Waals surface area (Å²) in [6.07, 6.45) is 0. The van der Waals surface area contributed by atoms with Gasteiger partial charge in [0, 0.05) is 21.9 Å². The van der Waals surface area contributed by atoms with Crippen LogP contribution in [0, 0.1) is 11.9 Å². The summed E-state index contributed by atoms with van der Waals surface area (Å²) in [6.45, 7) is 0.347. The average molecular weight is 409 g/mol. The van der Waals surface area contributed by atoms with Crippen molar-refractivity contribution in [3.63, 3.8) is 0 Å². The van der Waals surface area contributed by atoms with E-state index in [0.717, 1.165) is 5.56 Å². The molecule has 0 saturated carbocycles. The van der Waals surface area contributed by atoms with Crippen LogP contribution in [0.15, 0.2) is 84.9 Å². The second-order valence-electron chi connectivity index (χ2n) is 7.22. The number of para-hydroxylation sites is 2. The Morgan fingerprint density at radius 1 is 0.968 bits per heavy atom. The fourth-order valence-corrected chi connectivity index (χ4v) is 3.96. The minimum Gasteiger partial charge on any atom is -0.457 e. The third kappa shape index (κ3) is 3.30. The van der Waals surface area contributed by atoms with Gasteiger partial charge in [-0.1, -0.05) is 48.5 Å². The summed E-state index contributed by atoms with van der Waals surface area (Å²) in [4.78, 5) is 12.1. The molecule has 5 heteroatoms. The maximum Gasteiger partial charge on any atom is 0.249 e. The number of aromatic nitrogens is 1. The molecule has 1 aromatic heterocycles. The van der Waals surface area contributed by atoms with Gasteiger partial charge < -0.3 is 15.0 Å². The average Bonchev–Trinajstić information content (AvgIpc) is 3.11. The third-order valence-electron chi connectivity index (χ3n) is 5.31. The zero-order valence-electron chi connectivity index (χ0n) is 16.5. The minimum atomic E-state index is -0.560. The van der Waals surface area contributed by atoms with Gasteiger partial charge in [-0.15, -0.1) is 0 Å². The molecule has 0 atom stereocenters. The maximum atomic E-state index is 15.0. The van der Waals surface area contributed by atoms with Crippen LogP contribution in [-0.2, 0) is 6.54 Å². The van der Waals surface area contributed by atoms with E-state index in [1.807, 2.05) is 65.2 Å². The van der Waals surface area contributed by atoms with Crippen molar-refractivity contribution in [1.82, 2.24) is 4.57 Å². The Labute approximate surface area is 178 Å². The molecule has 5 aromatic rings. The minimum absolute atomic E-state index is 0.344. The number of carbonyl (C=O) groups excluding carboxylic acids is 1. The summed E-state index contributed by atoms with van der Waals surface area (Å²) in [6, 6.07) is 28.4. The van der Waals surface area contributed by atoms with Gasteiger partial charge in [-0.05, 0) is 42.5 Å². The zero-order valence-corrected chi connectivity index (χ0v) is 16.5. The Morgan fingerprint density at radius 3 is 2.55 bits per heavy atom. The highest BCUT2D eigenvalue weighted by atomic mass is 19.1. The quantitative estimate of drug-likeness (QED) is 0.406. The van der Waals surface area contributed by atoms with E-state index in [2.05, 4.69) is 6.07 Å². The van der Waals surface area contributed by atoms with Gasteiger partial charge in [-0.25, -0.2) is 4.39 Å². The van der Waals surface area contributed by atoms with Crippen molar-refractivity contribution in [2.75, 3.05) is 0 Å². The summed E-state index contributed by atoms with van der Waals surface area (Å²) in [5.41, 5.74) is 7.91. The molecule has 2 N–H and O–H groups in total. The summed E-state index contributed by atoms with van der Waals surface area (Å²) >= 11 is 0. The first-order valence-electron chi connectivity index (χ1n) is 9.85. The number of amides is 1. The number of halogens is 1. The molecule has 5 rings (SSSR count). The Morgan fingerprint density at radius 2 is 1.74 bits per heavy atom. The first kappa shape index (κ1) is 18.9. The molecular weight excluding hydrogens is 391 g/mol. The third-order valence-corrected chi connectivity index (χ3v) is 5.31. The van der Waals surface area contributed by atoms with E-state index >= 15 is 0 Å². The maximum absolute atomic E-state index is 15.0. The second-order valence-corrected chi connectivity index (χ2v) is 7.22. The number of hydrogen-bond donors (Lipinski definition) is 1. The molecule has 4 nitrogen and oxygen atoms in total. The molecule has 0 aliphatic heterocycles. The Hall–Kier alpha value is -4.12. The molecule has 0 aliphatic carbocycles. The number of primary amides is 1. The SMILES string of the molecule is NC(=O)c1cccc2c1c1[c]ccc(F)c1n2Cc1ccccc1Oc1ccccc1. The van der Waals surface area contributed by atoms with Crippen molar-refractivity contribution >= 4 is 27.7 Å². The molecule has 1 heterocycles. The van der Waals surface area contributed by atoms with E-state index < -0.39 is 5.91 Å². The van der Waals surface area contributed by atoms with Gasteiger partial charge in [0.15, 0.2) is 0 Å². The summed E-state index contributed by atoms with van der Waals surface area (Å²) in [7, 11) is 0. The second kappa shape index (κ2) is 7.61. The van der Waals surface area contributed by atoms with E-state index in [-0.39, 0.29) is 5.82 Å². The molecule has 1 amide bonds. The van der Waals surface area contributed by atoms with Gasteiger partial charge in [0.25, 0.3) is 0 Å². The highest BCUT2D eigenvalue weighted by molar-refractivity contribution is 6.17. The number of benzene rings is 4. The number of carbonyl (C=O) groups is 1. The molecule has 0 bridgehead atoms. The van der Waals surface area contributed by atoms with Crippen LogP contribution in [0.1, 0.15) is 15.9 Å².